The lowest BCUT2D eigenvalue weighted by atomic mass is 9.88. The molecular formula is C22H25NO2. The van der Waals surface area contributed by atoms with Gasteiger partial charge in [0.25, 0.3) is 0 Å². The van der Waals surface area contributed by atoms with Crippen LogP contribution in [0.1, 0.15) is 37.8 Å². The number of nitrogens with one attached hydrogen (secondary N) is 1. The number of alkyl carbamates (subject to hydrolysis) is 1. The van der Waals surface area contributed by atoms with E-state index in [1.807, 2.05) is 60.7 Å². The third-order valence-corrected chi connectivity index (χ3v) is 3.78. The van der Waals surface area contributed by atoms with Gasteiger partial charge in [-0.05, 0) is 44.4 Å². The first-order valence-corrected chi connectivity index (χ1v) is 8.58. The average molecular weight is 335 g/mol. The lowest BCUT2D eigenvalue weighted by Crippen LogP contribution is -2.26. The van der Waals surface area contributed by atoms with Crippen molar-refractivity contribution in [3.8, 4) is 11.8 Å². The standard InChI is InChI=1S/C22H25NO2/c1-22(2,16-14-19-10-5-3-6-11-19)15-9-17-23-21(24)25-18-20-12-7-4-8-13-20/h3-8,10-13H,9,15,17-18H2,1-2H3,(H,23,24). The van der Waals surface area contributed by atoms with Crippen molar-refractivity contribution in [3.63, 3.8) is 0 Å². The Bertz CT molecular complexity index is 712. The van der Waals surface area contributed by atoms with E-state index in [0.29, 0.717) is 13.2 Å². The third kappa shape index (κ3) is 7.58. The zero-order chi connectivity index (χ0) is 18.0. The molecule has 0 aliphatic carbocycles. The summed E-state index contributed by atoms with van der Waals surface area (Å²) >= 11 is 0. The van der Waals surface area contributed by atoms with Crippen LogP contribution in [0.4, 0.5) is 4.79 Å². The second-order valence-electron chi connectivity index (χ2n) is 6.59. The summed E-state index contributed by atoms with van der Waals surface area (Å²) in [5, 5.41) is 2.79. The maximum atomic E-state index is 11.7. The molecule has 0 heterocycles. The molecule has 25 heavy (non-hydrogen) atoms. The van der Waals surface area contributed by atoms with Gasteiger partial charge in [0.2, 0.25) is 0 Å². The van der Waals surface area contributed by atoms with E-state index in [9.17, 15) is 4.79 Å². The number of ether oxygens (including phenoxy) is 1. The van der Waals surface area contributed by atoms with Crippen molar-refractivity contribution in [1.29, 1.82) is 0 Å². The first-order chi connectivity index (χ1) is 12.1. The molecule has 0 saturated carbocycles. The number of hydrogen-bond donors (Lipinski definition) is 1. The van der Waals surface area contributed by atoms with Gasteiger partial charge in [0.05, 0.1) is 0 Å². The Morgan fingerprint density at radius 2 is 1.68 bits per heavy atom. The zero-order valence-corrected chi connectivity index (χ0v) is 14.9. The van der Waals surface area contributed by atoms with Crippen LogP contribution < -0.4 is 5.32 Å². The fourth-order valence-corrected chi connectivity index (χ4v) is 2.32. The molecule has 0 atom stereocenters. The Hall–Kier alpha value is -2.73. The Morgan fingerprint density at radius 1 is 1.04 bits per heavy atom. The lowest BCUT2D eigenvalue weighted by Gasteiger charge is -2.17. The molecule has 3 heteroatoms. The van der Waals surface area contributed by atoms with Crippen LogP contribution in [-0.2, 0) is 11.3 Å². The Labute approximate surface area is 150 Å². The average Bonchev–Trinajstić information content (AvgIpc) is 2.64. The number of amides is 1. The molecule has 0 fully saturated rings. The molecule has 0 aromatic heterocycles. The molecule has 0 bridgehead atoms. The van der Waals surface area contributed by atoms with Gasteiger partial charge >= 0.3 is 6.09 Å². The van der Waals surface area contributed by atoms with E-state index in [1.165, 1.54) is 0 Å². The van der Waals surface area contributed by atoms with Gasteiger partial charge < -0.3 is 10.1 Å². The van der Waals surface area contributed by atoms with Gasteiger partial charge in [0, 0.05) is 17.5 Å². The van der Waals surface area contributed by atoms with Crippen LogP contribution in [0.2, 0.25) is 0 Å². The largest absolute Gasteiger partial charge is 0.445 e. The van der Waals surface area contributed by atoms with Gasteiger partial charge in [-0.15, -0.1) is 0 Å². The van der Waals surface area contributed by atoms with Crippen molar-refractivity contribution in [2.45, 2.75) is 33.3 Å². The predicted molar refractivity (Wildman–Crippen MR) is 101 cm³/mol. The molecule has 1 N–H and O–H groups in total. The van der Waals surface area contributed by atoms with E-state index in [1.54, 1.807) is 0 Å². The van der Waals surface area contributed by atoms with Gasteiger partial charge in [-0.3, -0.25) is 0 Å². The summed E-state index contributed by atoms with van der Waals surface area (Å²) in [7, 11) is 0. The number of rotatable bonds is 6. The normalized spacial score (nSPS) is 10.5. The molecule has 1 amide bonds. The molecule has 2 aromatic rings. The molecule has 0 unspecified atom stereocenters. The van der Waals surface area contributed by atoms with Crippen LogP contribution in [0.3, 0.4) is 0 Å². The Morgan fingerprint density at radius 3 is 2.36 bits per heavy atom. The highest BCUT2D eigenvalue weighted by Gasteiger charge is 2.14. The van der Waals surface area contributed by atoms with Crippen LogP contribution in [0.25, 0.3) is 0 Å². The van der Waals surface area contributed by atoms with Gasteiger partial charge in [-0.25, -0.2) is 4.79 Å². The summed E-state index contributed by atoms with van der Waals surface area (Å²) in [6.45, 7) is 5.12. The van der Waals surface area contributed by atoms with E-state index in [4.69, 9.17) is 4.74 Å². The van der Waals surface area contributed by atoms with Crippen LogP contribution in [0.15, 0.2) is 60.7 Å². The highest BCUT2D eigenvalue weighted by molar-refractivity contribution is 5.67. The van der Waals surface area contributed by atoms with E-state index in [-0.39, 0.29) is 11.5 Å². The summed E-state index contributed by atoms with van der Waals surface area (Å²) in [6, 6.07) is 19.6. The van der Waals surface area contributed by atoms with Gasteiger partial charge in [0.15, 0.2) is 0 Å². The molecule has 0 spiro atoms. The highest BCUT2D eigenvalue weighted by atomic mass is 16.5. The predicted octanol–water partition coefficient (Wildman–Crippen LogP) is 4.77. The van der Waals surface area contributed by atoms with Crippen LogP contribution in [0.5, 0.6) is 0 Å². The molecule has 2 aromatic carbocycles. The van der Waals surface area contributed by atoms with E-state index < -0.39 is 0 Å². The summed E-state index contributed by atoms with van der Waals surface area (Å²) < 4.78 is 5.19. The smallest absolute Gasteiger partial charge is 0.407 e. The molecule has 0 aliphatic rings. The number of hydrogen-bond acceptors (Lipinski definition) is 2. The fourth-order valence-electron chi connectivity index (χ4n) is 2.32. The Kier molecular flexibility index (Phi) is 7.10. The maximum Gasteiger partial charge on any atom is 0.407 e. The van der Waals surface area contributed by atoms with Gasteiger partial charge in [0.1, 0.15) is 6.61 Å². The summed E-state index contributed by atoms with van der Waals surface area (Å²) in [5.74, 6) is 6.53. The topological polar surface area (TPSA) is 38.3 Å². The van der Waals surface area contributed by atoms with E-state index >= 15 is 0 Å². The Balaban J connectivity index is 1.66. The second-order valence-corrected chi connectivity index (χ2v) is 6.59. The van der Waals surface area contributed by atoms with Crippen molar-refractivity contribution in [2.24, 2.45) is 5.41 Å². The molecule has 130 valence electrons. The first kappa shape index (κ1) is 18.6. The van der Waals surface area contributed by atoms with Crippen LogP contribution in [-0.4, -0.2) is 12.6 Å². The quantitative estimate of drug-likeness (QED) is 0.610. The zero-order valence-electron chi connectivity index (χ0n) is 14.9. The molecule has 2 rings (SSSR count). The lowest BCUT2D eigenvalue weighted by molar-refractivity contribution is 0.139. The molecule has 0 saturated heterocycles. The summed E-state index contributed by atoms with van der Waals surface area (Å²) in [6.07, 6.45) is 1.39. The highest BCUT2D eigenvalue weighted by Crippen LogP contribution is 2.20. The van der Waals surface area contributed by atoms with Crippen LogP contribution >= 0.6 is 0 Å². The minimum absolute atomic E-state index is 0.0918. The second kappa shape index (κ2) is 9.54. The van der Waals surface area contributed by atoms with Crippen LogP contribution in [0, 0.1) is 17.3 Å². The molecule has 0 radical (unpaired) electrons. The van der Waals surface area contributed by atoms with Crippen molar-refractivity contribution in [1.82, 2.24) is 5.32 Å². The van der Waals surface area contributed by atoms with Crippen molar-refractivity contribution >= 4 is 6.09 Å². The van der Waals surface area contributed by atoms with E-state index in [0.717, 1.165) is 24.0 Å². The number of benzene rings is 2. The minimum atomic E-state index is -0.378. The number of carbonyl (C=O) groups excluding carboxylic acids is 1. The van der Waals surface area contributed by atoms with E-state index in [2.05, 4.69) is 31.0 Å². The minimum Gasteiger partial charge on any atom is -0.445 e. The first-order valence-electron chi connectivity index (χ1n) is 8.58. The monoisotopic (exact) mass is 335 g/mol. The SMILES string of the molecule is CC(C)(C#Cc1ccccc1)CCCNC(=O)OCc1ccccc1. The van der Waals surface area contributed by atoms with Crippen molar-refractivity contribution in [3.05, 3.63) is 71.8 Å². The summed E-state index contributed by atoms with van der Waals surface area (Å²) in [5.41, 5.74) is 1.92. The number of carbonyl (C=O) groups is 1. The summed E-state index contributed by atoms with van der Waals surface area (Å²) in [4.78, 5) is 11.7. The van der Waals surface area contributed by atoms with Crippen molar-refractivity contribution < 1.29 is 9.53 Å². The third-order valence-electron chi connectivity index (χ3n) is 3.78. The fraction of sp³-hybridized carbons (Fsp3) is 0.318. The van der Waals surface area contributed by atoms with Gasteiger partial charge in [-0.1, -0.05) is 60.4 Å². The van der Waals surface area contributed by atoms with Gasteiger partial charge in [-0.2, -0.15) is 0 Å². The maximum absolute atomic E-state index is 11.7. The molecular weight excluding hydrogens is 310 g/mol. The molecule has 3 nitrogen and oxygen atoms in total. The van der Waals surface area contributed by atoms with Crippen molar-refractivity contribution in [2.75, 3.05) is 6.54 Å². The molecule has 0 aliphatic heterocycles.